The highest BCUT2D eigenvalue weighted by atomic mass is 19.1. The molecule has 1 aliphatic rings. The average molecular weight is 223 g/mol. The zero-order valence-electron chi connectivity index (χ0n) is 9.29. The summed E-state index contributed by atoms with van der Waals surface area (Å²) in [5.41, 5.74) is 0.345. The summed E-state index contributed by atoms with van der Waals surface area (Å²) in [5, 5.41) is 2.70. The maximum Gasteiger partial charge on any atom is 0.207 e. The second kappa shape index (κ2) is 3.77. The molecule has 0 unspecified atom stereocenters. The third kappa shape index (κ3) is 2.01. The molecule has 1 aromatic carbocycles. The molecule has 1 aromatic rings. The van der Waals surface area contributed by atoms with Crippen LogP contribution in [0.2, 0.25) is 0 Å². The standard InChI is InChI=1S/C12H14FNO2/c1-12(2)6-10(14-7-15)9-5-8(13)3-4-11(9)16-12/h3-5,7,10H,6H2,1-2H3,(H,14,15)/t10-/m0/s1. The van der Waals surface area contributed by atoms with Crippen LogP contribution in [0.1, 0.15) is 31.9 Å². The number of hydrogen-bond donors (Lipinski definition) is 1. The molecule has 4 heteroatoms. The SMILES string of the molecule is CC1(C)C[C@H](NC=O)c2cc(F)ccc2O1. The van der Waals surface area contributed by atoms with E-state index in [-0.39, 0.29) is 17.5 Å². The van der Waals surface area contributed by atoms with Crippen LogP contribution in [-0.4, -0.2) is 12.0 Å². The van der Waals surface area contributed by atoms with Crippen molar-refractivity contribution in [2.45, 2.75) is 31.9 Å². The normalized spacial score (nSPS) is 21.8. The van der Waals surface area contributed by atoms with Crippen LogP contribution < -0.4 is 10.1 Å². The highest BCUT2D eigenvalue weighted by Gasteiger charge is 2.33. The summed E-state index contributed by atoms with van der Waals surface area (Å²) >= 11 is 0. The van der Waals surface area contributed by atoms with Gasteiger partial charge < -0.3 is 10.1 Å². The highest BCUT2D eigenvalue weighted by molar-refractivity contribution is 5.50. The lowest BCUT2D eigenvalue weighted by molar-refractivity contribution is -0.110. The van der Waals surface area contributed by atoms with Gasteiger partial charge in [-0.05, 0) is 32.0 Å². The Labute approximate surface area is 93.6 Å². The number of fused-ring (bicyclic) bond motifs is 1. The first kappa shape index (κ1) is 10.9. The maximum absolute atomic E-state index is 13.1. The molecule has 0 spiro atoms. The molecule has 0 aliphatic carbocycles. The minimum Gasteiger partial charge on any atom is -0.487 e. The van der Waals surface area contributed by atoms with Gasteiger partial charge in [0.05, 0.1) is 6.04 Å². The maximum atomic E-state index is 13.1. The Bertz CT molecular complexity index is 417. The van der Waals surface area contributed by atoms with E-state index in [4.69, 9.17) is 4.74 Å². The molecular weight excluding hydrogens is 209 g/mol. The molecule has 1 amide bonds. The Hall–Kier alpha value is -1.58. The van der Waals surface area contributed by atoms with Crippen molar-refractivity contribution in [3.63, 3.8) is 0 Å². The van der Waals surface area contributed by atoms with E-state index in [1.54, 1.807) is 6.07 Å². The molecule has 2 rings (SSSR count). The predicted molar refractivity (Wildman–Crippen MR) is 57.7 cm³/mol. The average Bonchev–Trinajstić information content (AvgIpc) is 2.18. The first-order valence-electron chi connectivity index (χ1n) is 5.20. The van der Waals surface area contributed by atoms with Gasteiger partial charge in [0.15, 0.2) is 0 Å². The molecule has 1 atom stereocenters. The van der Waals surface area contributed by atoms with Crippen LogP contribution in [0.15, 0.2) is 18.2 Å². The van der Waals surface area contributed by atoms with Gasteiger partial charge in [-0.25, -0.2) is 4.39 Å². The molecule has 0 radical (unpaired) electrons. The topological polar surface area (TPSA) is 38.3 Å². The number of benzene rings is 1. The third-order valence-corrected chi connectivity index (χ3v) is 2.70. The molecule has 3 nitrogen and oxygen atoms in total. The smallest absolute Gasteiger partial charge is 0.207 e. The van der Waals surface area contributed by atoms with Crippen molar-refractivity contribution >= 4 is 6.41 Å². The summed E-state index contributed by atoms with van der Waals surface area (Å²) in [6, 6.07) is 4.18. The van der Waals surface area contributed by atoms with E-state index in [1.807, 2.05) is 13.8 Å². The Balaban J connectivity index is 2.42. The second-order valence-corrected chi connectivity index (χ2v) is 4.59. The van der Waals surface area contributed by atoms with Crippen molar-refractivity contribution in [2.24, 2.45) is 0 Å². The first-order valence-corrected chi connectivity index (χ1v) is 5.20. The van der Waals surface area contributed by atoms with Gasteiger partial charge in [-0.2, -0.15) is 0 Å². The Morgan fingerprint density at radius 3 is 3.00 bits per heavy atom. The molecular formula is C12H14FNO2. The molecule has 0 saturated heterocycles. The van der Waals surface area contributed by atoms with Crippen LogP contribution in [0.3, 0.4) is 0 Å². The molecule has 0 fully saturated rings. The predicted octanol–water partition coefficient (Wildman–Crippen LogP) is 2.17. The summed E-state index contributed by atoms with van der Waals surface area (Å²) in [6.07, 6.45) is 1.27. The second-order valence-electron chi connectivity index (χ2n) is 4.59. The minimum absolute atomic E-state index is 0.188. The van der Waals surface area contributed by atoms with Gasteiger partial charge in [0, 0.05) is 12.0 Å². The molecule has 1 heterocycles. The van der Waals surface area contributed by atoms with Crippen LogP contribution >= 0.6 is 0 Å². The number of rotatable bonds is 2. The van der Waals surface area contributed by atoms with E-state index in [0.29, 0.717) is 24.1 Å². The Morgan fingerprint density at radius 2 is 2.31 bits per heavy atom. The Morgan fingerprint density at radius 1 is 1.56 bits per heavy atom. The van der Waals surface area contributed by atoms with Crippen LogP contribution in [0.5, 0.6) is 5.75 Å². The van der Waals surface area contributed by atoms with Gasteiger partial charge in [0.25, 0.3) is 0 Å². The summed E-state index contributed by atoms with van der Waals surface area (Å²) in [7, 11) is 0. The van der Waals surface area contributed by atoms with E-state index in [0.717, 1.165) is 0 Å². The van der Waals surface area contributed by atoms with E-state index in [1.165, 1.54) is 12.1 Å². The van der Waals surface area contributed by atoms with Crippen molar-refractivity contribution in [3.05, 3.63) is 29.6 Å². The van der Waals surface area contributed by atoms with Crippen molar-refractivity contribution < 1.29 is 13.9 Å². The number of hydrogen-bond acceptors (Lipinski definition) is 2. The van der Waals surface area contributed by atoms with Crippen molar-refractivity contribution in [3.8, 4) is 5.75 Å². The van der Waals surface area contributed by atoms with Crippen LogP contribution in [0, 0.1) is 5.82 Å². The molecule has 0 saturated carbocycles. The zero-order chi connectivity index (χ0) is 11.8. The van der Waals surface area contributed by atoms with Gasteiger partial charge in [-0.15, -0.1) is 0 Å². The number of carbonyl (C=O) groups is 1. The van der Waals surface area contributed by atoms with E-state index in [2.05, 4.69) is 5.32 Å². The van der Waals surface area contributed by atoms with Gasteiger partial charge in [-0.1, -0.05) is 0 Å². The van der Waals surface area contributed by atoms with Gasteiger partial charge in [-0.3, -0.25) is 4.79 Å². The van der Waals surface area contributed by atoms with E-state index >= 15 is 0 Å². The molecule has 86 valence electrons. The molecule has 0 bridgehead atoms. The zero-order valence-corrected chi connectivity index (χ0v) is 9.29. The summed E-state index contributed by atoms with van der Waals surface area (Å²) in [6.45, 7) is 3.89. The number of halogens is 1. The molecule has 16 heavy (non-hydrogen) atoms. The Kier molecular flexibility index (Phi) is 2.58. The van der Waals surface area contributed by atoms with Gasteiger partial charge in [0.1, 0.15) is 17.2 Å². The fourth-order valence-corrected chi connectivity index (χ4v) is 2.06. The number of carbonyl (C=O) groups excluding carboxylic acids is 1. The van der Waals surface area contributed by atoms with Crippen molar-refractivity contribution in [1.29, 1.82) is 0 Å². The third-order valence-electron chi connectivity index (χ3n) is 2.70. The van der Waals surface area contributed by atoms with Crippen LogP contribution in [0.25, 0.3) is 0 Å². The fourth-order valence-electron chi connectivity index (χ4n) is 2.06. The molecule has 0 aromatic heterocycles. The number of amides is 1. The van der Waals surface area contributed by atoms with Crippen molar-refractivity contribution in [2.75, 3.05) is 0 Å². The highest BCUT2D eigenvalue weighted by Crippen LogP contribution is 2.39. The van der Waals surface area contributed by atoms with Gasteiger partial charge >= 0.3 is 0 Å². The van der Waals surface area contributed by atoms with Crippen LogP contribution in [0.4, 0.5) is 4.39 Å². The van der Waals surface area contributed by atoms with Gasteiger partial charge in [0.2, 0.25) is 6.41 Å². The summed E-state index contributed by atoms with van der Waals surface area (Å²) < 4.78 is 18.9. The van der Waals surface area contributed by atoms with Crippen molar-refractivity contribution in [1.82, 2.24) is 5.32 Å². The monoisotopic (exact) mass is 223 g/mol. The quantitative estimate of drug-likeness (QED) is 0.780. The van der Waals surface area contributed by atoms with Crippen LogP contribution in [-0.2, 0) is 4.79 Å². The largest absolute Gasteiger partial charge is 0.487 e. The first-order chi connectivity index (χ1) is 7.52. The fraction of sp³-hybridized carbons (Fsp3) is 0.417. The summed E-state index contributed by atoms with van der Waals surface area (Å²) in [4.78, 5) is 10.5. The minimum atomic E-state index is -0.356. The lowest BCUT2D eigenvalue weighted by atomic mass is 9.90. The lowest BCUT2D eigenvalue weighted by Crippen LogP contribution is -2.39. The van der Waals surface area contributed by atoms with E-state index in [9.17, 15) is 9.18 Å². The number of ether oxygens (including phenoxy) is 1. The lowest BCUT2D eigenvalue weighted by Gasteiger charge is -2.37. The summed E-state index contributed by atoms with van der Waals surface area (Å²) in [5.74, 6) is 0.316. The molecule has 1 N–H and O–H groups in total. The van der Waals surface area contributed by atoms with E-state index < -0.39 is 0 Å². The number of nitrogens with one attached hydrogen (secondary N) is 1. The molecule has 1 aliphatic heterocycles.